The van der Waals surface area contributed by atoms with Gasteiger partial charge < -0.3 is 25.3 Å². The Labute approximate surface area is 252 Å². The third-order valence-corrected chi connectivity index (χ3v) is 9.07. The summed E-state index contributed by atoms with van der Waals surface area (Å²) < 4.78 is 0. The quantitative estimate of drug-likeness (QED) is 0.259. The highest BCUT2D eigenvalue weighted by Gasteiger charge is 2.64. The number of benzene rings is 1. The molecule has 0 heterocycles. The number of carbonyl (C=O) groups excluding carboxylic acids is 4. The fourth-order valence-electron chi connectivity index (χ4n) is 7.09. The highest BCUT2D eigenvalue weighted by Crippen LogP contribution is 2.54. The third-order valence-electron chi connectivity index (χ3n) is 9.07. The number of aliphatic hydroxyl groups is 3. The summed E-state index contributed by atoms with van der Waals surface area (Å²) in [5, 5.41) is 46.4. The third kappa shape index (κ3) is 5.40. The number of ketones is 4. The Morgan fingerprint density at radius 2 is 1.70 bits per heavy atom. The van der Waals surface area contributed by atoms with E-state index in [0.29, 0.717) is 17.5 Å². The molecule has 0 unspecified atom stereocenters. The molecule has 10 nitrogen and oxygen atoms in total. The van der Waals surface area contributed by atoms with Crippen LogP contribution in [0, 0.1) is 17.3 Å². The van der Waals surface area contributed by atoms with Crippen LogP contribution in [0.5, 0.6) is 5.75 Å². The molecule has 4 atom stereocenters. The highest BCUT2D eigenvalue weighted by molar-refractivity contribution is 6.28. The predicted octanol–water partition coefficient (Wildman–Crippen LogP) is 3.46. The van der Waals surface area contributed by atoms with E-state index >= 15 is 0 Å². The van der Waals surface area contributed by atoms with Gasteiger partial charge in [-0.25, -0.2) is 0 Å². The lowest BCUT2D eigenvalue weighted by Gasteiger charge is -2.50. The monoisotopic (exact) mass is 596 g/mol. The van der Waals surface area contributed by atoms with Gasteiger partial charge in [0.2, 0.25) is 5.78 Å². The van der Waals surface area contributed by atoms with Gasteiger partial charge in [0.15, 0.2) is 17.2 Å². The molecule has 4 rings (SSSR count). The number of aromatic hydroxyl groups is 1. The van der Waals surface area contributed by atoms with Gasteiger partial charge in [0.05, 0.1) is 18.0 Å². The van der Waals surface area contributed by atoms with Crippen molar-refractivity contribution in [2.24, 2.45) is 17.3 Å². The van der Waals surface area contributed by atoms with Crippen LogP contribution in [0.15, 0.2) is 23.0 Å². The minimum absolute atomic E-state index is 0.0366. The number of phenolic OH excluding ortho intramolecular Hbond substituents is 1. The van der Waals surface area contributed by atoms with Crippen molar-refractivity contribution in [1.29, 1.82) is 0 Å². The number of fused-ring (bicyclic) bond motifs is 3. The van der Waals surface area contributed by atoms with E-state index in [1.807, 2.05) is 25.1 Å². The molecule has 0 saturated heterocycles. The van der Waals surface area contributed by atoms with E-state index in [4.69, 9.17) is 0 Å². The Hall–Kier alpha value is -3.50. The van der Waals surface area contributed by atoms with Crippen molar-refractivity contribution in [2.45, 2.75) is 77.9 Å². The number of nitrogens with zero attached hydrogens (tertiary/aromatic N) is 2. The van der Waals surface area contributed by atoms with Gasteiger partial charge in [-0.1, -0.05) is 20.8 Å². The first-order valence-electron chi connectivity index (χ1n) is 14.8. The molecule has 3 aliphatic rings. The molecule has 1 saturated carbocycles. The first-order chi connectivity index (χ1) is 19.8. The topological polar surface area (TPSA) is 156 Å². The maximum absolute atomic E-state index is 14.2. The second kappa shape index (κ2) is 11.2. The molecule has 0 spiro atoms. The molecule has 0 aliphatic heterocycles. The second-order valence-electron chi connectivity index (χ2n) is 14.0. The minimum atomic E-state index is -2.69. The van der Waals surface area contributed by atoms with Gasteiger partial charge in [-0.15, -0.1) is 0 Å². The van der Waals surface area contributed by atoms with Crippen molar-refractivity contribution in [2.75, 3.05) is 33.1 Å². The molecule has 0 aromatic heterocycles. The number of hydrogen-bond acceptors (Lipinski definition) is 10. The normalized spacial score (nSPS) is 25.5. The van der Waals surface area contributed by atoms with Crippen molar-refractivity contribution < 1.29 is 39.6 Å². The van der Waals surface area contributed by atoms with Crippen LogP contribution in [0.25, 0.3) is 5.76 Å². The maximum Gasteiger partial charge on any atom is 0.202 e. The van der Waals surface area contributed by atoms with E-state index in [1.165, 1.54) is 4.90 Å². The molecule has 0 radical (unpaired) electrons. The van der Waals surface area contributed by atoms with E-state index in [2.05, 4.69) is 20.8 Å². The van der Waals surface area contributed by atoms with E-state index in [-0.39, 0.29) is 35.1 Å². The highest BCUT2D eigenvalue weighted by atomic mass is 16.3. The second-order valence-corrected chi connectivity index (χ2v) is 14.0. The van der Waals surface area contributed by atoms with Gasteiger partial charge >= 0.3 is 0 Å². The van der Waals surface area contributed by atoms with Crippen LogP contribution in [0.4, 0.5) is 5.69 Å². The summed E-state index contributed by atoms with van der Waals surface area (Å²) >= 11 is 0. The van der Waals surface area contributed by atoms with Crippen LogP contribution in [-0.4, -0.2) is 88.3 Å². The van der Waals surface area contributed by atoms with Gasteiger partial charge in [-0.2, -0.15) is 0 Å². The number of likely N-dealkylation sites (N-methyl/N-ethyl adjacent to an activating group) is 1. The first-order valence-corrected chi connectivity index (χ1v) is 14.8. The van der Waals surface area contributed by atoms with E-state index in [1.54, 1.807) is 14.1 Å². The fraction of sp³-hybridized carbons (Fsp3) is 0.576. The molecule has 234 valence electrons. The number of aliphatic hydroxyl groups excluding tert-OH is 2. The number of rotatable bonds is 8. The Morgan fingerprint density at radius 3 is 2.23 bits per heavy atom. The predicted molar refractivity (Wildman–Crippen MR) is 162 cm³/mol. The number of aryl methyl sites for hydroxylation is 1. The Balaban J connectivity index is 1.91. The summed E-state index contributed by atoms with van der Waals surface area (Å²) in [5.74, 6) is -6.79. The number of Topliss-reactive ketones (excluding diaryl/α,β-unsaturated/α-hetero) is 4. The van der Waals surface area contributed by atoms with Crippen LogP contribution in [0.2, 0.25) is 0 Å². The fourth-order valence-corrected chi connectivity index (χ4v) is 7.09. The first kappa shape index (κ1) is 32.4. The molecule has 1 aromatic carbocycles. The summed E-state index contributed by atoms with van der Waals surface area (Å²) in [5.41, 5.74) is -1.36. The number of anilines is 1. The summed E-state index contributed by atoms with van der Waals surface area (Å²) in [6.07, 6.45) is 1.84. The van der Waals surface area contributed by atoms with Crippen LogP contribution >= 0.6 is 0 Å². The Morgan fingerprint density at radius 1 is 1.07 bits per heavy atom. The lowest BCUT2D eigenvalue weighted by Crippen LogP contribution is -2.65. The van der Waals surface area contributed by atoms with E-state index < -0.39 is 70.1 Å². The van der Waals surface area contributed by atoms with Crippen LogP contribution in [-0.2, 0) is 32.0 Å². The van der Waals surface area contributed by atoms with Gasteiger partial charge in [0.1, 0.15) is 28.6 Å². The van der Waals surface area contributed by atoms with Crippen molar-refractivity contribution in [3.05, 3.63) is 39.7 Å². The SMILES string of the molecule is CC(=O)CC(=O)C1=C(O)[C@@]2(O)C(=O)C3=C(O)c4c(O)c(CCCC(C)(C)C)cc(N(C)C)c4C[C@H]3C[C@H]2[C@H](N(C)C)C1=O. The lowest BCUT2D eigenvalue weighted by atomic mass is 9.57. The zero-order valence-corrected chi connectivity index (χ0v) is 26.4. The molecule has 4 N–H and O–H groups in total. The summed E-state index contributed by atoms with van der Waals surface area (Å²) in [7, 11) is 6.87. The van der Waals surface area contributed by atoms with Crippen LogP contribution in [0.1, 0.15) is 70.1 Å². The lowest BCUT2D eigenvalue weighted by molar-refractivity contribution is -0.153. The zero-order chi connectivity index (χ0) is 32.3. The van der Waals surface area contributed by atoms with Crippen LogP contribution in [0.3, 0.4) is 0 Å². The van der Waals surface area contributed by atoms with Gasteiger partial charge in [-0.05, 0) is 81.6 Å². The molecule has 3 aliphatic carbocycles. The van der Waals surface area contributed by atoms with Crippen molar-refractivity contribution in [3.63, 3.8) is 0 Å². The molecular weight excluding hydrogens is 552 g/mol. The van der Waals surface area contributed by atoms with E-state index in [0.717, 1.165) is 25.5 Å². The van der Waals surface area contributed by atoms with Gasteiger partial charge in [0.25, 0.3) is 0 Å². The number of hydrogen-bond donors (Lipinski definition) is 4. The molecular formula is C33H44N2O8. The van der Waals surface area contributed by atoms with Crippen molar-refractivity contribution in [3.8, 4) is 5.75 Å². The maximum atomic E-state index is 14.2. The zero-order valence-electron chi connectivity index (χ0n) is 26.4. The molecule has 43 heavy (non-hydrogen) atoms. The van der Waals surface area contributed by atoms with E-state index in [9.17, 15) is 39.6 Å². The molecule has 10 heteroatoms. The van der Waals surface area contributed by atoms with Crippen LogP contribution < -0.4 is 4.90 Å². The average Bonchev–Trinajstić information content (AvgIpc) is 2.86. The van der Waals surface area contributed by atoms with Crippen molar-refractivity contribution in [1.82, 2.24) is 4.90 Å². The Bertz CT molecular complexity index is 1460. The van der Waals surface area contributed by atoms with Gasteiger partial charge in [0, 0.05) is 31.3 Å². The standard InChI is InChI=1S/C33H44N2O8/c1-16(36)12-22(37)25-29(40)26(35(7)8)20-14-18-13-19-21(34(5)6)15-17(10-9-11-32(2,3)4)27(38)24(19)28(39)23(18)30(41)33(20,43)31(25)42/h15,18,20,26,38-39,42-43H,9-14H2,1-8H3/t18-,20-,26-,33-/m0/s1. The molecule has 1 aromatic rings. The molecule has 0 amide bonds. The summed E-state index contributed by atoms with van der Waals surface area (Å²) in [4.78, 5) is 55.9. The molecule has 0 bridgehead atoms. The number of phenols is 1. The van der Waals surface area contributed by atoms with Crippen molar-refractivity contribution >= 4 is 34.6 Å². The molecule has 1 fully saturated rings. The van der Waals surface area contributed by atoms with Gasteiger partial charge in [-0.3, -0.25) is 24.1 Å². The minimum Gasteiger partial charge on any atom is -0.508 e. The average molecular weight is 597 g/mol. The smallest absolute Gasteiger partial charge is 0.202 e. The number of carbonyl (C=O) groups is 4. The largest absolute Gasteiger partial charge is 0.508 e. The Kier molecular flexibility index (Phi) is 8.45. The summed E-state index contributed by atoms with van der Waals surface area (Å²) in [6.45, 7) is 7.57. The summed E-state index contributed by atoms with van der Waals surface area (Å²) in [6, 6.07) is 0.761.